The number of nitrogens with one attached hydrogen (secondary N) is 2. The van der Waals surface area contributed by atoms with Crippen molar-refractivity contribution in [3.05, 3.63) is 0 Å². The van der Waals surface area contributed by atoms with Crippen LogP contribution in [-0.2, 0) is 4.79 Å². The van der Waals surface area contributed by atoms with Crippen molar-refractivity contribution in [3.63, 3.8) is 0 Å². The third-order valence-corrected chi connectivity index (χ3v) is 4.09. The van der Waals surface area contributed by atoms with E-state index in [4.69, 9.17) is 5.73 Å². The van der Waals surface area contributed by atoms with Crippen LogP contribution < -0.4 is 16.4 Å². The summed E-state index contributed by atoms with van der Waals surface area (Å²) in [5.74, 6) is 2.82. The lowest BCUT2D eigenvalue weighted by atomic mass is 9.97. The Morgan fingerprint density at radius 1 is 1.29 bits per heavy atom. The van der Waals surface area contributed by atoms with Crippen molar-refractivity contribution in [2.45, 2.75) is 38.1 Å². The van der Waals surface area contributed by atoms with Crippen LogP contribution in [0.5, 0.6) is 0 Å². The van der Waals surface area contributed by atoms with Gasteiger partial charge in [0, 0.05) is 26.1 Å². The minimum absolute atomic E-state index is 0.0716. The Bertz CT molecular complexity index is 249. The molecule has 2 saturated carbocycles. The molecule has 98 valence electrons. The molecular weight excluding hydrogens is 214 g/mol. The van der Waals surface area contributed by atoms with E-state index < -0.39 is 0 Å². The molecule has 17 heavy (non-hydrogen) atoms. The standard InChI is InChI=1S/C13H25N3O/c1-15-13(17)6-11(7-14)16-8-12(9-2-3-9)10-4-5-10/h9-12,16H,2-8,14H2,1H3,(H,15,17). The van der Waals surface area contributed by atoms with Gasteiger partial charge in [-0.3, -0.25) is 4.79 Å². The molecule has 1 atom stereocenters. The van der Waals surface area contributed by atoms with Crippen LogP contribution in [-0.4, -0.2) is 32.1 Å². The molecule has 0 saturated heterocycles. The van der Waals surface area contributed by atoms with E-state index in [1.165, 1.54) is 25.7 Å². The highest BCUT2D eigenvalue weighted by atomic mass is 16.1. The molecule has 2 aliphatic carbocycles. The molecular formula is C13H25N3O. The van der Waals surface area contributed by atoms with Gasteiger partial charge in [-0.15, -0.1) is 0 Å². The lowest BCUT2D eigenvalue weighted by Crippen LogP contribution is -2.42. The van der Waals surface area contributed by atoms with E-state index >= 15 is 0 Å². The largest absolute Gasteiger partial charge is 0.359 e. The quantitative estimate of drug-likeness (QED) is 0.577. The van der Waals surface area contributed by atoms with Crippen molar-refractivity contribution in [1.29, 1.82) is 0 Å². The fourth-order valence-electron chi connectivity index (χ4n) is 2.63. The average molecular weight is 239 g/mol. The first kappa shape index (κ1) is 12.8. The highest BCUT2D eigenvalue weighted by Gasteiger charge is 2.41. The minimum Gasteiger partial charge on any atom is -0.359 e. The Hall–Kier alpha value is -0.610. The third kappa shape index (κ3) is 3.96. The lowest BCUT2D eigenvalue weighted by Gasteiger charge is -2.21. The molecule has 0 heterocycles. The molecule has 0 aromatic carbocycles. The Kier molecular flexibility index (Phi) is 4.40. The topological polar surface area (TPSA) is 67.2 Å². The van der Waals surface area contributed by atoms with Crippen LogP contribution in [0, 0.1) is 17.8 Å². The zero-order valence-electron chi connectivity index (χ0n) is 10.7. The number of rotatable bonds is 8. The molecule has 4 nitrogen and oxygen atoms in total. The van der Waals surface area contributed by atoms with Gasteiger partial charge in [0.1, 0.15) is 0 Å². The average Bonchev–Trinajstić information content (AvgIpc) is 3.18. The zero-order chi connectivity index (χ0) is 12.3. The van der Waals surface area contributed by atoms with Crippen LogP contribution in [0.4, 0.5) is 0 Å². The van der Waals surface area contributed by atoms with Crippen LogP contribution in [0.15, 0.2) is 0 Å². The zero-order valence-corrected chi connectivity index (χ0v) is 10.7. The number of hydrogen-bond acceptors (Lipinski definition) is 3. The smallest absolute Gasteiger partial charge is 0.221 e. The van der Waals surface area contributed by atoms with Gasteiger partial charge in [-0.1, -0.05) is 0 Å². The number of hydrogen-bond donors (Lipinski definition) is 3. The van der Waals surface area contributed by atoms with Gasteiger partial charge in [-0.25, -0.2) is 0 Å². The number of amides is 1. The summed E-state index contributed by atoms with van der Waals surface area (Å²) < 4.78 is 0. The SMILES string of the molecule is CNC(=O)CC(CN)NCC(C1CC1)C1CC1. The minimum atomic E-state index is 0.0716. The molecule has 4 heteroatoms. The summed E-state index contributed by atoms with van der Waals surface area (Å²) in [7, 11) is 1.67. The summed E-state index contributed by atoms with van der Waals surface area (Å²) in [5.41, 5.74) is 5.70. The summed E-state index contributed by atoms with van der Waals surface area (Å²) in [4.78, 5) is 11.3. The second-order valence-corrected chi connectivity index (χ2v) is 5.56. The van der Waals surface area contributed by atoms with Gasteiger partial charge in [0.2, 0.25) is 5.91 Å². The van der Waals surface area contributed by atoms with E-state index in [0.717, 1.165) is 24.3 Å². The maximum Gasteiger partial charge on any atom is 0.221 e. The second kappa shape index (κ2) is 5.83. The maximum absolute atomic E-state index is 11.3. The number of carbonyl (C=O) groups is 1. The van der Waals surface area contributed by atoms with Crippen LogP contribution in [0.25, 0.3) is 0 Å². The van der Waals surface area contributed by atoms with Crippen molar-refractivity contribution in [1.82, 2.24) is 10.6 Å². The van der Waals surface area contributed by atoms with Crippen LogP contribution in [0.3, 0.4) is 0 Å². The van der Waals surface area contributed by atoms with E-state index in [1.54, 1.807) is 7.05 Å². The van der Waals surface area contributed by atoms with Gasteiger partial charge >= 0.3 is 0 Å². The predicted octanol–water partition coefficient (Wildman–Crippen LogP) is 0.476. The van der Waals surface area contributed by atoms with Crippen LogP contribution in [0.1, 0.15) is 32.1 Å². The van der Waals surface area contributed by atoms with Gasteiger partial charge < -0.3 is 16.4 Å². The van der Waals surface area contributed by atoms with Crippen molar-refractivity contribution in [2.75, 3.05) is 20.1 Å². The molecule has 0 spiro atoms. The van der Waals surface area contributed by atoms with Crippen molar-refractivity contribution in [2.24, 2.45) is 23.5 Å². The molecule has 0 radical (unpaired) electrons. The highest BCUT2D eigenvalue weighted by molar-refractivity contribution is 5.76. The molecule has 4 N–H and O–H groups in total. The first-order chi connectivity index (χ1) is 8.24. The highest BCUT2D eigenvalue weighted by Crippen LogP contribution is 2.48. The summed E-state index contributed by atoms with van der Waals surface area (Å²) in [6.45, 7) is 1.59. The van der Waals surface area contributed by atoms with Crippen LogP contribution >= 0.6 is 0 Å². The fraction of sp³-hybridized carbons (Fsp3) is 0.923. The van der Waals surface area contributed by atoms with Gasteiger partial charge in [-0.2, -0.15) is 0 Å². The Morgan fingerprint density at radius 3 is 2.29 bits per heavy atom. The van der Waals surface area contributed by atoms with Gasteiger partial charge in [0.05, 0.1) is 0 Å². The number of nitrogens with two attached hydrogens (primary N) is 1. The second-order valence-electron chi connectivity index (χ2n) is 5.56. The molecule has 0 aromatic rings. The molecule has 0 bridgehead atoms. The summed E-state index contributed by atoms with van der Waals surface area (Å²) in [5, 5.41) is 6.14. The van der Waals surface area contributed by atoms with E-state index in [2.05, 4.69) is 10.6 Å². The van der Waals surface area contributed by atoms with E-state index in [0.29, 0.717) is 13.0 Å². The Labute approximate surface area is 104 Å². The van der Waals surface area contributed by atoms with Crippen molar-refractivity contribution in [3.8, 4) is 0 Å². The van der Waals surface area contributed by atoms with E-state index in [1.807, 2.05) is 0 Å². The Morgan fingerprint density at radius 2 is 1.88 bits per heavy atom. The molecule has 2 fully saturated rings. The van der Waals surface area contributed by atoms with Gasteiger partial charge in [0.25, 0.3) is 0 Å². The number of carbonyl (C=O) groups excluding carboxylic acids is 1. The summed E-state index contributed by atoms with van der Waals surface area (Å²) in [6, 6.07) is 0.134. The van der Waals surface area contributed by atoms with E-state index in [-0.39, 0.29) is 11.9 Å². The van der Waals surface area contributed by atoms with Crippen LogP contribution in [0.2, 0.25) is 0 Å². The maximum atomic E-state index is 11.3. The molecule has 0 aromatic heterocycles. The molecule has 1 unspecified atom stereocenters. The summed E-state index contributed by atoms with van der Waals surface area (Å²) in [6.07, 6.45) is 6.13. The first-order valence-corrected chi connectivity index (χ1v) is 6.88. The molecule has 1 amide bonds. The monoisotopic (exact) mass is 239 g/mol. The first-order valence-electron chi connectivity index (χ1n) is 6.88. The lowest BCUT2D eigenvalue weighted by molar-refractivity contribution is -0.121. The predicted molar refractivity (Wildman–Crippen MR) is 68.5 cm³/mol. The Balaban J connectivity index is 1.71. The molecule has 2 aliphatic rings. The van der Waals surface area contributed by atoms with Gasteiger partial charge in [-0.05, 0) is 50.0 Å². The molecule has 0 aliphatic heterocycles. The van der Waals surface area contributed by atoms with Crippen molar-refractivity contribution < 1.29 is 4.79 Å². The van der Waals surface area contributed by atoms with Crippen molar-refractivity contribution >= 4 is 5.91 Å². The third-order valence-electron chi connectivity index (χ3n) is 4.09. The fourth-order valence-corrected chi connectivity index (χ4v) is 2.63. The normalized spacial score (nSPS) is 21.6. The van der Waals surface area contributed by atoms with Gasteiger partial charge in [0.15, 0.2) is 0 Å². The molecule has 2 rings (SSSR count). The summed E-state index contributed by atoms with van der Waals surface area (Å²) >= 11 is 0. The van der Waals surface area contributed by atoms with E-state index in [9.17, 15) is 4.79 Å².